The van der Waals surface area contributed by atoms with Crippen molar-refractivity contribution in [3.05, 3.63) is 70.5 Å². The average Bonchev–Trinajstić information content (AvgIpc) is 2.56. The summed E-state index contributed by atoms with van der Waals surface area (Å²) in [5.74, 6) is -0.107. The Kier molecular flexibility index (Phi) is 6.97. The molecule has 0 unspecified atom stereocenters. The van der Waals surface area contributed by atoms with E-state index >= 15 is 0 Å². The fraction of sp³-hybridized carbons (Fsp3) is 0.263. The highest BCUT2D eigenvalue weighted by Gasteiger charge is 2.11. The fourth-order valence-electron chi connectivity index (χ4n) is 2.33. The van der Waals surface area contributed by atoms with E-state index in [1.165, 1.54) is 0 Å². The van der Waals surface area contributed by atoms with Gasteiger partial charge in [-0.05, 0) is 54.3 Å². The number of aromatic nitrogens is 1. The lowest BCUT2D eigenvalue weighted by molar-refractivity contribution is -0.126. The first-order chi connectivity index (χ1) is 11.6. The van der Waals surface area contributed by atoms with Crippen LogP contribution in [-0.2, 0) is 11.3 Å². The summed E-state index contributed by atoms with van der Waals surface area (Å²) in [6.45, 7) is 2.94. The third-order valence-corrected chi connectivity index (χ3v) is 3.71. The molecule has 0 bridgehead atoms. The van der Waals surface area contributed by atoms with Crippen molar-refractivity contribution >= 4 is 23.6 Å². The Morgan fingerprint density at radius 1 is 1.33 bits per heavy atom. The monoisotopic (exact) mass is 344 g/mol. The maximum absolute atomic E-state index is 12.5. The van der Waals surface area contributed by atoms with Crippen LogP contribution in [0, 0.1) is 6.92 Å². The van der Waals surface area contributed by atoms with Crippen LogP contribution in [0.25, 0.3) is 6.08 Å². The second-order valence-electron chi connectivity index (χ2n) is 5.60. The molecule has 0 saturated carbocycles. The minimum atomic E-state index is -0.107. The molecule has 0 saturated heterocycles. The zero-order chi connectivity index (χ0) is 17.4. The van der Waals surface area contributed by atoms with Crippen LogP contribution in [0.2, 0.25) is 5.02 Å². The largest absolute Gasteiger partial charge is 0.396 e. The summed E-state index contributed by atoms with van der Waals surface area (Å²) in [5, 5.41) is 9.70. The van der Waals surface area contributed by atoms with Gasteiger partial charge in [-0.3, -0.25) is 9.78 Å². The number of benzene rings is 1. The maximum atomic E-state index is 12.5. The smallest absolute Gasteiger partial charge is 0.246 e. The second kappa shape index (κ2) is 9.21. The van der Waals surface area contributed by atoms with Gasteiger partial charge in [-0.15, -0.1) is 0 Å². The summed E-state index contributed by atoms with van der Waals surface area (Å²) in [6.07, 6.45) is 7.31. The van der Waals surface area contributed by atoms with Gasteiger partial charge in [0, 0.05) is 43.2 Å². The van der Waals surface area contributed by atoms with Gasteiger partial charge < -0.3 is 10.0 Å². The van der Waals surface area contributed by atoms with Crippen molar-refractivity contribution in [2.45, 2.75) is 19.9 Å². The van der Waals surface area contributed by atoms with Gasteiger partial charge >= 0.3 is 0 Å². The van der Waals surface area contributed by atoms with Crippen LogP contribution in [0.1, 0.15) is 23.1 Å². The van der Waals surface area contributed by atoms with Gasteiger partial charge in [0.1, 0.15) is 0 Å². The lowest BCUT2D eigenvalue weighted by Crippen LogP contribution is -2.30. The number of hydrogen-bond acceptors (Lipinski definition) is 3. The zero-order valence-electron chi connectivity index (χ0n) is 13.7. The van der Waals surface area contributed by atoms with E-state index < -0.39 is 0 Å². The average molecular weight is 345 g/mol. The topological polar surface area (TPSA) is 53.4 Å². The summed E-state index contributed by atoms with van der Waals surface area (Å²) in [6, 6.07) is 9.40. The summed E-state index contributed by atoms with van der Waals surface area (Å²) in [4.78, 5) is 18.3. The van der Waals surface area contributed by atoms with Crippen molar-refractivity contribution < 1.29 is 9.90 Å². The summed E-state index contributed by atoms with van der Waals surface area (Å²) in [5.41, 5.74) is 2.88. The fourth-order valence-corrected chi connectivity index (χ4v) is 2.54. The molecule has 0 atom stereocenters. The number of aliphatic hydroxyl groups is 1. The number of amides is 1. The first-order valence-electron chi connectivity index (χ1n) is 7.82. The number of carbonyl (C=O) groups is 1. The van der Waals surface area contributed by atoms with Crippen LogP contribution in [0.5, 0.6) is 0 Å². The number of nitrogens with zero attached hydrogens (tertiary/aromatic N) is 2. The lowest BCUT2D eigenvalue weighted by atomic mass is 10.2. The van der Waals surface area contributed by atoms with E-state index in [9.17, 15) is 4.79 Å². The minimum absolute atomic E-state index is 0.0465. The van der Waals surface area contributed by atoms with Crippen molar-refractivity contribution in [2.24, 2.45) is 0 Å². The Bertz CT molecular complexity index is 716. The second-order valence-corrected chi connectivity index (χ2v) is 6.03. The molecule has 0 aliphatic heterocycles. The molecule has 2 rings (SSSR count). The van der Waals surface area contributed by atoms with Gasteiger partial charge in [-0.1, -0.05) is 23.7 Å². The number of hydrogen-bond donors (Lipinski definition) is 1. The number of carbonyl (C=O) groups excluding carboxylic acids is 1. The van der Waals surface area contributed by atoms with Gasteiger partial charge in [-0.2, -0.15) is 0 Å². The Morgan fingerprint density at radius 3 is 2.88 bits per heavy atom. The van der Waals surface area contributed by atoms with Crippen LogP contribution in [-0.4, -0.2) is 34.0 Å². The first-order valence-corrected chi connectivity index (χ1v) is 8.20. The molecule has 0 radical (unpaired) electrons. The van der Waals surface area contributed by atoms with Crippen LogP contribution in [0.4, 0.5) is 0 Å². The van der Waals surface area contributed by atoms with Gasteiger partial charge in [0.05, 0.1) is 0 Å². The predicted octanol–water partition coefficient (Wildman–Crippen LogP) is 3.47. The molecule has 1 aromatic heterocycles. The van der Waals surface area contributed by atoms with Crippen LogP contribution >= 0.6 is 11.6 Å². The lowest BCUT2D eigenvalue weighted by Gasteiger charge is -2.21. The molecule has 0 aliphatic rings. The summed E-state index contributed by atoms with van der Waals surface area (Å²) >= 11 is 6.00. The SMILES string of the molecule is Cc1cncc(/C=C/C(=O)N(CCCO)Cc2cccc(Cl)c2)c1. The molecule has 0 spiro atoms. The third kappa shape index (κ3) is 5.80. The highest BCUT2D eigenvalue weighted by molar-refractivity contribution is 6.30. The third-order valence-electron chi connectivity index (χ3n) is 3.47. The number of aliphatic hydroxyl groups excluding tert-OH is 1. The Morgan fingerprint density at radius 2 is 2.17 bits per heavy atom. The van der Waals surface area contributed by atoms with Gasteiger partial charge in [-0.25, -0.2) is 0 Å². The van der Waals surface area contributed by atoms with E-state index in [1.54, 1.807) is 35.5 Å². The zero-order valence-corrected chi connectivity index (χ0v) is 14.4. The molecule has 1 N–H and O–H groups in total. The van der Waals surface area contributed by atoms with Crippen LogP contribution < -0.4 is 0 Å². The molecule has 1 aromatic carbocycles. The van der Waals surface area contributed by atoms with Crippen LogP contribution in [0.15, 0.2) is 48.8 Å². The van der Waals surface area contributed by atoms with E-state index in [1.807, 2.05) is 31.2 Å². The highest BCUT2D eigenvalue weighted by atomic mass is 35.5. The van der Waals surface area contributed by atoms with E-state index in [4.69, 9.17) is 16.7 Å². The van der Waals surface area contributed by atoms with E-state index in [0.717, 1.165) is 16.7 Å². The number of halogens is 1. The number of rotatable bonds is 7. The Balaban J connectivity index is 2.09. The molecule has 1 heterocycles. The molecular formula is C19H21ClN2O2. The number of pyridine rings is 1. The van der Waals surface area contributed by atoms with Crippen molar-refractivity contribution in [2.75, 3.05) is 13.2 Å². The molecule has 126 valence electrons. The quantitative estimate of drug-likeness (QED) is 0.782. The van der Waals surface area contributed by atoms with E-state index in [2.05, 4.69) is 4.98 Å². The van der Waals surface area contributed by atoms with E-state index in [0.29, 0.717) is 24.5 Å². The molecule has 4 nitrogen and oxygen atoms in total. The van der Waals surface area contributed by atoms with Crippen LogP contribution in [0.3, 0.4) is 0 Å². The normalized spacial score (nSPS) is 11.0. The molecule has 24 heavy (non-hydrogen) atoms. The molecule has 0 aliphatic carbocycles. The van der Waals surface area contributed by atoms with Gasteiger partial charge in [0.25, 0.3) is 0 Å². The Hall–Kier alpha value is -2.17. The van der Waals surface area contributed by atoms with E-state index in [-0.39, 0.29) is 12.5 Å². The Labute approximate surface area is 147 Å². The standard InChI is InChI=1S/C19H21ClN2O2/c1-15-10-16(13-21-12-15)6-7-19(24)22(8-3-9-23)14-17-4-2-5-18(20)11-17/h2,4-7,10-13,23H,3,8-9,14H2,1H3/b7-6+. The summed E-state index contributed by atoms with van der Waals surface area (Å²) in [7, 11) is 0. The van der Waals surface area contributed by atoms with Crippen molar-refractivity contribution in [3.63, 3.8) is 0 Å². The van der Waals surface area contributed by atoms with Gasteiger partial charge in [0.15, 0.2) is 0 Å². The predicted molar refractivity (Wildman–Crippen MR) is 96.6 cm³/mol. The molecular weight excluding hydrogens is 324 g/mol. The van der Waals surface area contributed by atoms with Crippen molar-refractivity contribution in [1.82, 2.24) is 9.88 Å². The first kappa shape index (κ1) is 18.2. The molecule has 2 aromatic rings. The number of aryl methyl sites for hydroxylation is 1. The van der Waals surface area contributed by atoms with Gasteiger partial charge in [0.2, 0.25) is 5.91 Å². The summed E-state index contributed by atoms with van der Waals surface area (Å²) < 4.78 is 0. The van der Waals surface area contributed by atoms with Crippen molar-refractivity contribution in [1.29, 1.82) is 0 Å². The van der Waals surface area contributed by atoms with Crippen molar-refractivity contribution in [3.8, 4) is 0 Å². The molecule has 0 fully saturated rings. The molecule has 1 amide bonds. The molecule has 5 heteroatoms. The minimum Gasteiger partial charge on any atom is -0.396 e. The highest BCUT2D eigenvalue weighted by Crippen LogP contribution is 2.13. The maximum Gasteiger partial charge on any atom is 0.246 e.